The summed E-state index contributed by atoms with van der Waals surface area (Å²) in [6, 6.07) is 11.4. The topological polar surface area (TPSA) is 29.3 Å². The fourth-order valence-corrected chi connectivity index (χ4v) is 3.83. The van der Waals surface area contributed by atoms with Crippen LogP contribution >= 0.6 is 0 Å². The van der Waals surface area contributed by atoms with E-state index in [1.54, 1.807) is 0 Å². The minimum atomic E-state index is 0.330. The van der Waals surface area contributed by atoms with Crippen molar-refractivity contribution in [3.8, 4) is 0 Å². The van der Waals surface area contributed by atoms with Crippen molar-refractivity contribution in [2.24, 2.45) is 17.1 Å². The van der Waals surface area contributed by atoms with Crippen molar-refractivity contribution in [3.05, 3.63) is 35.9 Å². The molecule has 2 rings (SSSR count). The average molecular weight is 288 g/mol. The lowest BCUT2D eigenvalue weighted by Crippen LogP contribution is -2.47. The normalized spacial score (nSPS) is 26.5. The summed E-state index contributed by atoms with van der Waals surface area (Å²) in [7, 11) is 0. The molecule has 0 saturated heterocycles. The average Bonchev–Trinajstić information content (AvgIpc) is 2.47. The first kappa shape index (κ1) is 16.5. The highest BCUT2D eigenvalue weighted by atomic mass is 15.2. The van der Waals surface area contributed by atoms with Crippen molar-refractivity contribution < 1.29 is 0 Å². The maximum Gasteiger partial charge on any atom is 0.0236 e. The van der Waals surface area contributed by atoms with Gasteiger partial charge in [0.25, 0.3) is 0 Å². The molecular formula is C19H32N2. The van der Waals surface area contributed by atoms with Gasteiger partial charge in [-0.2, -0.15) is 0 Å². The number of rotatable bonds is 6. The van der Waals surface area contributed by atoms with Crippen LogP contribution < -0.4 is 5.73 Å². The number of nitrogens with two attached hydrogens (primary N) is 1. The van der Waals surface area contributed by atoms with Crippen molar-refractivity contribution in [1.29, 1.82) is 0 Å². The standard InChI is InChI=1S/C19H32N2/c1-16(2)21(13-18-9-5-4-6-10-18)15-19(14-20)11-7-8-17(3)12-19/h4-6,9-10,16-17H,7-8,11-15,20H2,1-3H3. The predicted octanol–water partition coefficient (Wildman–Crippen LogP) is 4.05. The van der Waals surface area contributed by atoms with Crippen molar-refractivity contribution in [2.45, 2.75) is 59.0 Å². The van der Waals surface area contributed by atoms with E-state index in [0.29, 0.717) is 11.5 Å². The Morgan fingerprint density at radius 2 is 2.00 bits per heavy atom. The van der Waals surface area contributed by atoms with Gasteiger partial charge >= 0.3 is 0 Å². The summed E-state index contributed by atoms with van der Waals surface area (Å²) in [5.74, 6) is 0.827. The Morgan fingerprint density at radius 3 is 2.57 bits per heavy atom. The second kappa shape index (κ2) is 7.42. The van der Waals surface area contributed by atoms with Gasteiger partial charge in [0.15, 0.2) is 0 Å². The molecule has 0 aliphatic heterocycles. The fourth-order valence-electron chi connectivity index (χ4n) is 3.83. The van der Waals surface area contributed by atoms with E-state index in [1.165, 1.54) is 31.2 Å². The zero-order valence-electron chi connectivity index (χ0n) is 14.0. The largest absolute Gasteiger partial charge is 0.330 e. The van der Waals surface area contributed by atoms with Gasteiger partial charge in [-0.25, -0.2) is 0 Å². The van der Waals surface area contributed by atoms with Crippen LogP contribution in [0.1, 0.15) is 52.0 Å². The van der Waals surface area contributed by atoms with Gasteiger partial charge in [-0.3, -0.25) is 4.90 Å². The van der Waals surface area contributed by atoms with Crippen LogP contribution in [0.25, 0.3) is 0 Å². The van der Waals surface area contributed by atoms with E-state index in [4.69, 9.17) is 5.73 Å². The first-order chi connectivity index (χ1) is 10.0. The molecule has 2 nitrogen and oxygen atoms in total. The molecular weight excluding hydrogens is 256 g/mol. The molecule has 1 saturated carbocycles. The van der Waals surface area contributed by atoms with Gasteiger partial charge in [-0.1, -0.05) is 50.1 Å². The van der Waals surface area contributed by atoms with E-state index in [1.807, 2.05) is 0 Å². The fraction of sp³-hybridized carbons (Fsp3) is 0.684. The van der Waals surface area contributed by atoms with Crippen LogP contribution in [-0.2, 0) is 6.54 Å². The first-order valence-corrected chi connectivity index (χ1v) is 8.53. The van der Waals surface area contributed by atoms with E-state index >= 15 is 0 Å². The van der Waals surface area contributed by atoms with Gasteiger partial charge in [0, 0.05) is 19.1 Å². The zero-order valence-corrected chi connectivity index (χ0v) is 14.0. The lowest BCUT2D eigenvalue weighted by atomic mass is 9.69. The Morgan fingerprint density at radius 1 is 1.29 bits per heavy atom. The quantitative estimate of drug-likeness (QED) is 0.855. The number of hydrogen-bond donors (Lipinski definition) is 1. The third-order valence-electron chi connectivity index (χ3n) is 5.12. The second-order valence-corrected chi connectivity index (χ2v) is 7.39. The van der Waals surface area contributed by atoms with Gasteiger partial charge in [0.1, 0.15) is 0 Å². The van der Waals surface area contributed by atoms with Crippen LogP contribution in [0.15, 0.2) is 30.3 Å². The molecule has 1 aliphatic carbocycles. The Kier molecular flexibility index (Phi) is 5.83. The van der Waals surface area contributed by atoms with Crippen LogP contribution in [-0.4, -0.2) is 24.0 Å². The molecule has 1 aromatic rings. The van der Waals surface area contributed by atoms with E-state index in [9.17, 15) is 0 Å². The maximum atomic E-state index is 6.22. The van der Waals surface area contributed by atoms with Crippen LogP contribution in [0.2, 0.25) is 0 Å². The summed E-state index contributed by atoms with van der Waals surface area (Å²) in [6.45, 7) is 10.0. The van der Waals surface area contributed by atoms with Gasteiger partial charge in [0.05, 0.1) is 0 Å². The molecule has 2 atom stereocenters. The van der Waals surface area contributed by atoms with Gasteiger partial charge < -0.3 is 5.73 Å². The highest BCUT2D eigenvalue weighted by Gasteiger charge is 2.35. The Labute approximate surface area is 130 Å². The molecule has 21 heavy (non-hydrogen) atoms. The highest BCUT2D eigenvalue weighted by molar-refractivity contribution is 5.14. The maximum absolute atomic E-state index is 6.22. The van der Waals surface area contributed by atoms with Gasteiger partial charge in [0.2, 0.25) is 0 Å². The molecule has 2 heteroatoms. The van der Waals surface area contributed by atoms with Crippen LogP contribution in [0.3, 0.4) is 0 Å². The lowest BCUT2D eigenvalue weighted by molar-refractivity contribution is 0.0675. The smallest absolute Gasteiger partial charge is 0.0236 e. The van der Waals surface area contributed by atoms with E-state index in [0.717, 1.165) is 25.6 Å². The number of hydrogen-bond acceptors (Lipinski definition) is 2. The molecule has 2 N–H and O–H groups in total. The summed E-state index contributed by atoms with van der Waals surface area (Å²) in [5, 5.41) is 0. The molecule has 1 fully saturated rings. The highest BCUT2D eigenvalue weighted by Crippen LogP contribution is 2.39. The van der Waals surface area contributed by atoms with E-state index < -0.39 is 0 Å². The van der Waals surface area contributed by atoms with Crippen molar-refractivity contribution in [1.82, 2.24) is 4.90 Å². The first-order valence-electron chi connectivity index (χ1n) is 8.53. The van der Waals surface area contributed by atoms with Crippen molar-refractivity contribution in [3.63, 3.8) is 0 Å². The van der Waals surface area contributed by atoms with Crippen molar-refractivity contribution >= 4 is 0 Å². The summed E-state index contributed by atoms with van der Waals surface area (Å²) in [6.07, 6.45) is 5.31. The summed E-state index contributed by atoms with van der Waals surface area (Å²) >= 11 is 0. The summed E-state index contributed by atoms with van der Waals surface area (Å²) < 4.78 is 0. The van der Waals surface area contributed by atoms with Crippen LogP contribution in [0.5, 0.6) is 0 Å². The van der Waals surface area contributed by atoms with Gasteiger partial charge in [-0.15, -0.1) is 0 Å². The lowest BCUT2D eigenvalue weighted by Gasteiger charge is -2.44. The molecule has 1 aromatic carbocycles. The minimum Gasteiger partial charge on any atom is -0.330 e. The third kappa shape index (κ3) is 4.55. The second-order valence-electron chi connectivity index (χ2n) is 7.39. The molecule has 0 radical (unpaired) electrons. The van der Waals surface area contributed by atoms with Gasteiger partial charge in [-0.05, 0) is 50.1 Å². The summed E-state index contributed by atoms with van der Waals surface area (Å²) in [4.78, 5) is 2.61. The van der Waals surface area contributed by atoms with Crippen LogP contribution in [0, 0.1) is 11.3 Å². The molecule has 0 heterocycles. The SMILES string of the molecule is CC1CCCC(CN)(CN(Cc2ccccc2)C(C)C)C1. The predicted molar refractivity (Wildman–Crippen MR) is 91.1 cm³/mol. The molecule has 0 amide bonds. The Hall–Kier alpha value is -0.860. The summed E-state index contributed by atoms with van der Waals surface area (Å²) in [5.41, 5.74) is 7.95. The zero-order chi connectivity index (χ0) is 15.3. The van der Waals surface area contributed by atoms with Crippen LogP contribution in [0.4, 0.5) is 0 Å². The van der Waals surface area contributed by atoms with E-state index in [-0.39, 0.29) is 0 Å². The molecule has 0 aromatic heterocycles. The minimum absolute atomic E-state index is 0.330. The number of benzene rings is 1. The molecule has 0 spiro atoms. The third-order valence-corrected chi connectivity index (χ3v) is 5.12. The molecule has 2 unspecified atom stereocenters. The van der Waals surface area contributed by atoms with Crippen molar-refractivity contribution in [2.75, 3.05) is 13.1 Å². The Bertz CT molecular complexity index is 415. The molecule has 118 valence electrons. The van der Waals surface area contributed by atoms with E-state index in [2.05, 4.69) is 56.0 Å². The Balaban J connectivity index is 2.07. The number of nitrogens with zero attached hydrogens (tertiary/aromatic N) is 1. The molecule has 0 bridgehead atoms. The monoisotopic (exact) mass is 288 g/mol. The molecule has 1 aliphatic rings.